The number of ether oxygens (including phenoxy) is 1. The minimum atomic E-state index is 0.00813. The van der Waals surface area contributed by atoms with E-state index >= 15 is 0 Å². The zero-order valence-corrected chi connectivity index (χ0v) is 22.6. The van der Waals surface area contributed by atoms with E-state index in [0.29, 0.717) is 6.10 Å². The Morgan fingerprint density at radius 3 is 2.21 bits per heavy atom. The molecule has 0 spiro atoms. The van der Waals surface area contributed by atoms with Gasteiger partial charge in [-0.1, -0.05) is 87.5 Å². The number of halogens is 4. The average molecular weight is 636 g/mol. The molecule has 1 aliphatic heterocycles. The highest BCUT2D eigenvalue weighted by atomic mass is 79.9. The van der Waals surface area contributed by atoms with Crippen LogP contribution in [0.1, 0.15) is 43.9 Å². The first-order valence-corrected chi connectivity index (χ1v) is 12.6. The monoisotopic (exact) mass is 632 g/mol. The standard InChI is InChI=1S/C23H24Br4O/c1-14(8-11-16-18(24)5-4-6-19(16)25)7-9-15-10-12-20(26)17(22(15)27)13-21-23(2,3)28-21/h4-6,8,10,12,21H,7,9,11,13H2,1-3H3/b14-8+. The largest absolute Gasteiger partial charge is 0.366 e. The Morgan fingerprint density at radius 1 is 1.00 bits per heavy atom. The zero-order valence-electron chi connectivity index (χ0n) is 16.3. The normalized spacial score (nSPS) is 18.4. The van der Waals surface area contributed by atoms with E-state index < -0.39 is 0 Å². The van der Waals surface area contributed by atoms with Gasteiger partial charge in [-0.2, -0.15) is 0 Å². The summed E-state index contributed by atoms with van der Waals surface area (Å²) in [6.45, 7) is 6.53. The predicted molar refractivity (Wildman–Crippen MR) is 132 cm³/mol. The lowest BCUT2D eigenvalue weighted by molar-refractivity contribution is 0.323. The van der Waals surface area contributed by atoms with Crippen molar-refractivity contribution in [1.82, 2.24) is 0 Å². The van der Waals surface area contributed by atoms with Gasteiger partial charge in [0.05, 0.1) is 11.7 Å². The number of hydrogen-bond donors (Lipinski definition) is 0. The van der Waals surface area contributed by atoms with Crippen molar-refractivity contribution in [2.24, 2.45) is 0 Å². The van der Waals surface area contributed by atoms with Gasteiger partial charge in [0.2, 0.25) is 0 Å². The fraction of sp³-hybridized carbons (Fsp3) is 0.391. The third-order valence-corrected chi connectivity index (χ3v) is 8.54. The first-order chi connectivity index (χ1) is 13.2. The molecule has 5 heteroatoms. The summed E-state index contributed by atoms with van der Waals surface area (Å²) in [5.74, 6) is 0. The van der Waals surface area contributed by atoms with Crippen molar-refractivity contribution in [3.63, 3.8) is 0 Å². The van der Waals surface area contributed by atoms with E-state index in [1.807, 2.05) is 6.07 Å². The van der Waals surface area contributed by atoms with E-state index in [1.54, 1.807) is 0 Å². The highest BCUT2D eigenvalue weighted by molar-refractivity contribution is 9.11. The van der Waals surface area contributed by atoms with Crippen LogP contribution < -0.4 is 0 Å². The third kappa shape index (κ3) is 5.60. The number of rotatable bonds is 7. The van der Waals surface area contributed by atoms with Crippen LogP contribution >= 0.6 is 63.7 Å². The van der Waals surface area contributed by atoms with Gasteiger partial charge in [-0.05, 0) is 74.9 Å². The molecule has 1 nitrogen and oxygen atoms in total. The van der Waals surface area contributed by atoms with E-state index in [4.69, 9.17) is 4.74 Å². The minimum absolute atomic E-state index is 0.00813. The Kier molecular flexibility index (Phi) is 7.69. The van der Waals surface area contributed by atoms with Crippen LogP contribution in [-0.2, 0) is 24.0 Å². The molecule has 0 amide bonds. The van der Waals surface area contributed by atoms with Gasteiger partial charge >= 0.3 is 0 Å². The molecule has 1 aliphatic rings. The van der Waals surface area contributed by atoms with E-state index in [1.165, 1.54) is 26.7 Å². The maximum absolute atomic E-state index is 5.79. The van der Waals surface area contributed by atoms with Gasteiger partial charge in [-0.3, -0.25) is 0 Å². The fourth-order valence-corrected chi connectivity index (χ4v) is 6.06. The summed E-state index contributed by atoms with van der Waals surface area (Å²) < 4.78 is 10.5. The van der Waals surface area contributed by atoms with Gasteiger partial charge in [0, 0.05) is 24.3 Å². The maximum Gasteiger partial charge on any atom is 0.0909 e. The van der Waals surface area contributed by atoms with E-state index in [-0.39, 0.29) is 5.60 Å². The topological polar surface area (TPSA) is 12.5 Å². The van der Waals surface area contributed by atoms with Gasteiger partial charge in [-0.15, -0.1) is 0 Å². The van der Waals surface area contributed by atoms with E-state index in [9.17, 15) is 0 Å². The highest BCUT2D eigenvalue weighted by Crippen LogP contribution is 2.41. The molecule has 28 heavy (non-hydrogen) atoms. The van der Waals surface area contributed by atoms with Crippen LogP contribution in [0, 0.1) is 0 Å². The molecular weight excluding hydrogens is 612 g/mol. The Morgan fingerprint density at radius 2 is 1.61 bits per heavy atom. The SMILES string of the molecule is C/C(=C\Cc1c(Br)cccc1Br)CCc1ccc(Br)c(CC2OC2(C)C)c1Br. The number of hydrogen-bond acceptors (Lipinski definition) is 1. The lowest BCUT2D eigenvalue weighted by Gasteiger charge is -2.12. The summed E-state index contributed by atoms with van der Waals surface area (Å²) >= 11 is 14.9. The molecule has 1 atom stereocenters. The molecule has 1 heterocycles. The molecule has 3 rings (SSSR count). The van der Waals surface area contributed by atoms with Gasteiger partial charge < -0.3 is 4.74 Å². The molecular formula is C23H24Br4O. The third-order valence-electron chi connectivity index (χ3n) is 5.32. The predicted octanol–water partition coefficient (Wildman–Crippen LogP) is 8.58. The summed E-state index contributed by atoms with van der Waals surface area (Å²) in [5, 5.41) is 0. The molecule has 0 N–H and O–H groups in total. The molecule has 150 valence electrons. The van der Waals surface area contributed by atoms with Crippen molar-refractivity contribution >= 4 is 63.7 Å². The Hall–Kier alpha value is 0.0600. The maximum atomic E-state index is 5.79. The summed E-state index contributed by atoms with van der Waals surface area (Å²) in [7, 11) is 0. The number of epoxide rings is 1. The number of benzene rings is 2. The number of allylic oxidation sites excluding steroid dienone is 2. The van der Waals surface area contributed by atoms with Crippen LogP contribution in [0.4, 0.5) is 0 Å². The van der Waals surface area contributed by atoms with Crippen molar-refractivity contribution in [2.75, 3.05) is 0 Å². The quantitative estimate of drug-likeness (QED) is 0.219. The Bertz CT molecular complexity index is 881. The van der Waals surface area contributed by atoms with Crippen LogP contribution in [0.3, 0.4) is 0 Å². The summed E-state index contributed by atoms with van der Waals surface area (Å²) in [4.78, 5) is 0. The molecule has 0 radical (unpaired) electrons. The lowest BCUT2D eigenvalue weighted by atomic mass is 9.98. The second kappa shape index (κ2) is 9.47. The minimum Gasteiger partial charge on any atom is -0.366 e. The molecule has 0 aromatic heterocycles. The Balaban J connectivity index is 1.65. The van der Waals surface area contributed by atoms with E-state index in [2.05, 4.69) is 115 Å². The molecule has 0 bridgehead atoms. The first kappa shape index (κ1) is 22.7. The zero-order chi connectivity index (χ0) is 20.5. The molecule has 1 saturated heterocycles. The van der Waals surface area contributed by atoms with Gasteiger partial charge in [0.1, 0.15) is 0 Å². The van der Waals surface area contributed by atoms with Crippen molar-refractivity contribution in [1.29, 1.82) is 0 Å². The van der Waals surface area contributed by atoms with Gasteiger partial charge in [0.25, 0.3) is 0 Å². The van der Waals surface area contributed by atoms with Crippen molar-refractivity contribution < 1.29 is 4.74 Å². The van der Waals surface area contributed by atoms with Crippen LogP contribution in [0.5, 0.6) is 0 Å². The van der Waals surface area contributed by atoms with Gasteiger partial charge in [0.15, 0.2) is 0 Å². The fourth-order valence-electron chi connectivity index (χ4n) is 3.27. The van der Waals surface area contributed by atoms with Crippen molar-refractivity contribution in [3.05, 3.63) is 76.6 Å². The van der Waals surface area contributed by atoms with Crippen molar-refractivity contribution in [3.8, 4) is 0 Å². The number of aryl methyl sites for hydroxylation is 1. The Labute approximate surface area is 201 Å². The van der Waals surface area contributed by atoms with Crippen LogP contribution in [-0.4, -0.2) is 11.7 Å². The van der Waals surface area contributed by atoms with Crippen LogP contribution in [0.25, 0.3) is 0 Å². The van der Waals surface area contributed by atoms with E-state index in [0.717, 1.165) is 39.1 Å². The second-order valence-electron chi connectivity index (χ2n) is 7.87. The molecule has 2 aromatic rings. The molecule has 0 saturated carbocycles. The highest BCUT2D eigenvalue weighted by Gasteiger charge is 2.47. The van der Waals surface area contributed by atoms with Crippen LogP contribution in [0.2, 0.25) is 0 Å². The summed E-state index contributed by atoms with van der Waals surface area (Å²) in [6.07, 6.45) is 6.57. The summed E-state index contributed by atoms with van der Waals surface area (Å²) in [5.41, 5.74) is 5.37. The molecule has 0 aliphatic carbocycles. The second-order valence-corrected chi connectivity index (χ2v) is 11.2. The average Bonchev–Trinajstić information content (AvgIpc) is 3.23. The molecule has 1 fully saturated rings. The van der Waals surface area contributed by atoms with Crippen LogP contribution in [0.15, 0.2) is 59.9 Å². The molecule has 1 unspecified atom stereocenters. The lowest BCUT2D eigenvalue weighted by Crippen LogP contribution is -2.07. The van der Waals surface area contributed by atoms with Crippen molar-refractivity contribution in [2.45, 2.75) is 58.2 Å². The first-order valence-electron chi connectivity index (χ1n) is 9.41. The molecule has 2 aromatic carbocycles. The smallest absolute Gasteiger partial charge is 0.0909 e. The van der Waals surface area contributed by atoms with Gasteiger partial charge in [-0.25, -0.2) is 0 Å². The summed E-state index contributed by atoms with van der Waals surface area (Å²) in [6, 6.07) is 10.6.